The average Bonchev–Trinajstić information content (AvgIpc) is 3.29. The van der Waals surface area contributed by atoms with Crippen molar-refractivity contribution < 1.29 is 19.4 Å². The number of hydrogen-bond donors (Lipinski definition) is 3. The third-order valence-corrected chi connectivity index (χ3v) is 6.88. The number of aliphatic carboxylic acids is 1. The molecule has 3 heterocycles. The van der Waals surface area contributed by atoms with Crippen LogP contribution in [-0.2, 0) is 14.3 Å². The summed E-state index contributed by atoms with van der Waals surface area (Å²) >= 11 is 1.70. The van der Waals surface area contributed by atoms with E-state index >= 15 is 0 Å². The van der Waals surface area contributed by atoms with E-state index in [9.17, 15) is 4.79 Å². The Labute approximate surface area is 178 Å². The van der Waals surface area contributed by atoms with Gasteiger partial charge >= 0.3 is 5.97 Å². The molecule has 10 nitrogen and oxygen atoms in total. The lowest BCUT2D eigenvalue weighted by Crippen LogP contribution is -2.30. The Kier molecular flexibility index (Phi) is 5.64. The second-order valence-electron chi connectivity index (χ2n) is 8.42. The minimum atomic E-state index is -0.964. The molecule has 1 saturated heterocycles. The predicted octanol–water partition coefficient (Wildman–Crippen LogP) is 1.33. The molecule has 0 spiro atoms. The second kappa shape index (κ2) is 7.95. The molecule has 30 heavy (non-hydrogen) atoms. The number of hydrogen-bond acceptors (Lipinski definition) is 9. The van der Waals surface area contributed by atoms with Gasteiger partial charge in [0.05, 0.1) is 18.5 Å². The van der Waals surface area contributed by atoms with Crippen molar-refractivity contribution in [3.8, 4) is 0 Å². The second-order valence-corrected chi connectivity index (χ2v) is 9.57. The molecule has 1 aliphatic heterocycles. The summed E-state index contributed by atoms with van der Waals surface area (Å²) in [6.07, 6.45) is 2.86. The third-order valence-electron chi connectivity index (χ3n) is 5.69. The number of carbonyl (C=O) groups is 1. The number of anilines is 1. The number of rotatable bonds is 7. The van der Waals surface area contributed by atoms with E-state index in [1.165, 1.54) is 0 Å². The van der Waals surface area contributed by atoms with Crippen molar-refractivity contribution in [1.29, 1.82) is 0 Å². The number of carboxylic acids is 1. The molecule has 4 rings (SSSR count). The van der Waals surface area contributed by atoms with Gasteiger partial charge in [-0.25, -0.2) is 15.0 Å². The fourth-order valence-corrected chi connectivity index (χ4v) is 5.57. The lowest BCUT2D eigenvalue weighted by molar-refractivity contribution is -0.159. The number of thioether (sulfide) groups is 1. The quantitative estimate of drug-likeness (QED) is 0.542. The lowest BCUT2D eigenvalue weighted by atomic mass is 10.1. The minimum Gasteiger partial charge on any atom is -0.480 e. The number of carboxylic acid groups (broad SMARTS) is 1. The highest BCUT2D eigenvalue weighted by molar-refractivity contribution is 7.99. The fraction of sp³-hybridized carbons (Fsp3) is 0.684. The first kappa shape index (κ1) is 21.3. The molecule has 0 bridgehead atoms. The maximum atomic E-state index is 10.9. The van der Waals surface area contributed by atoms with Crippen LogP contribution in [0, 0.1) is 12.8 Å². The first-order chi connectivity index (χ1) is 14.2. The van der Waals surface area contributed by atoms with Crippen LogP contribution in [-0.4, -0.2) is 66.1 Å². The molecule has 5 atom stereocenters. The van der Waals surface area contributed by atoms with E-state index in [2.05, 4.69) is 15.0 Å². The molecule has 1 saturated carbocycles. The molecular weight excluding hydrogens is 408 g/mol. The molecule has 11 heteroatoms. The Balaban J connectivity index is 1.53. The normalized spacial score (nSPS) is 28.7. The summed E-state index contributed by atoms with van der Waals surface area (Å²) in [6, 6.07) is -0.806. The Bertz CT molecular complexity index is 950. The van der Waals surface area contributed by atoms with Crippen molar-refractivity contribution >= 4 is 34.7 Å². The Hall–Kier alpha value is -1.95. The number of nitrogens with two attached hydrogens (primary N) is 2. The van der Waals surface area contributed by atoms with Crippen LogP contribution in [0.5, 0.6) is 0 Å². The lowest BCUT2D eigenvalue weighted by Gasteiger charge is -2.24. The van der Waals surface area contributed by atoms with Crippen LogP contribution < -0.4 is 11.5 Å². The highest BCUT2D eigenvalue weighted by atomic mass is 32.2. The summed E-state index contributed by atoms with van der Waals surface area (Å²) in [5, 5.41) is 8.94. The van der Waals surface area contributed by atoms with Crippen molar-refractivity contribution in [2.75, 3.05) is 17.2 Å². The third kappa shape index (κ3) is 3.98. The number of ether oxygens (including phenoxy) is 2. The van der Waals surface area contributed by atoms with Crippen molar-refractivity contribution in [3.05, 3.63) is 12.2 Å². The van der Waals surface area contributed by atoms with Crippen LogP contribution >= 0.6 is 11.8 Å². The van der Waals surface area contributed by atoms with Crippen LogP contribution in [0.4, 0.5) is 5.82 Å². The average molecular weight is 437 g/mol. The fourth-order valence-electron chi connectivity index (χ4n) is 4.36. The van der Waals surface area contributed by atoms with Gasteiger partial charge in [-0.3, -0.25) is 4.79 Å². The van der Waals surface area contributed by atoms with E-state index < -0.39 is 17.8 Å². The van der Waals surface area contributed by atoms with E-state index in [1.54, 1.807) is 18.1 Å². The molecule has 164 valence electrons. The topological polar surface area (TPSA) is 151 Å². The van der Waals surface area contributed by atoms with Gasteiger partial charge in [0.2, 0.25) is 0 Å². The van der Waals surface area contributed by atoms with Gasteiger partial charge in [0.15, 0.2) is 17.3 Å². The number of aryl methyl sites for hydroxylation is 1. The van der Waals surface area contributed by atoms with E-state index in [0.29, 0.717) is 35.0 Å². The summed E-state index contributed by atoms with van der Waals surface area (Å²) in [6.45, 7) is 5.66. The molecule has 0 aromatic carbocycles. The van der Waals surface area contributed by atoms with Crippen molar-refractivity contribution in [3.63, 3.8) is 0 Å². The van der Waals surface area contributed by atoms with Gasteiger partial charge in [-0.15, -0.1) is 0 Å². The molecule has 5 N–H and O–H groups in total. The number of imidazole rings is 1. The molecule has 2 fully saturated rings. The van der Waals surface area contributed by atoms with E-state index in [4.69, 9.17) is 26.0 Å². The Morgan fingerprint density at radius 1 is 1.40 bits per heavy atom. The number of aromatic nitrogens is 4. The molecule has 1 unspecified atom stereocenters. The molecular formula is C19H28N6O4S. The highest BCUT2D eigenvalue weighted by Gasteiger charge is 2.54. The molecule has 0 amide bonds. The molecule has 2 aromatic heterocycles. The summed E-state index contributed by atoms with van der Waals surface area (Å²) in [5.41, 5.74) is 12.9. The molecule has 2 aliphatic rings. The van der Waals surface area contributed by atoms with E-state index in [-0.39, 0.29) is 24.2 Å². The standard InChI is InChI=1S/C19H28N6O4S/c1-9-23-16(21)13-17(24-9)25(8-22-13)12-6-10(7-30-5-4-11(20)18(26)27)14-15(12)29-19(2,3)28-14/h8,10-12,14-15H,4-7,20H2,1-3H3,(H,26,27)(H2,21,23,24)/t10-,11?,12-,14-,15+/m1/s1. The van der Waals surface area contributed by atoms with Crippen LogP contribution in [0.2, 0.25) is 0 Å². The van der Waals surface area contributed by atoms with Gasteiger partial charge in [-0.2, -0.15) is 11.8 Å². The Morgan fingerprint density at radius 3 is 2.87 bits per heavy atom. The van der Waals surface area contributed by atoms with Crippen molar-refractivity contribution in [2.24, 2.45) is 11.7 Å². The van der Waals surface area contributed by atoms with Crippen LogP contribution in [0.25, 0.3) is 11.2 Å². The summed E-state index contributed by atoms with van der Waals surface area (Å²) in [5.74, 6) is 1.13. The number of fused-ring (bicyclic) bond motifs is 2. The van der Waals surface area contributed by atoms with Crippen LogP contribution in [0.1, 0.15) is 38.6 Å². The number of nitrogen functional groups attached to an aromatic ring is 1. The van der Waals surface area contributed by atoms with E-state index in [0.717, 1.165) is 12.2 Å². The molecule has 1 aliphatic carbocycles. The maximum Gasteiger partial charge on any atom is 0.320 e. The van der Waals surface area contributed by atoms with Crippen molar-refractivity contribution in [2.45, 2.75) is 63.7 Å². The summed E-state index contributed by atoms with van der Waals surface area (Å²) < 4.78 is 14.6. The zero-order chi connectivity index (χ0) is 21.6. The summed E-state index contributed by atoms with van der Waals surface area (Å²) in [4.78, 5) is 24.1. The van der Waals surface area contributed by atoms with Gasteiger partial charge in [-0.05, 0) is 51.0 Å². The zero-order valence-corrected chi connectivity index (χ0v) is 18.1. The maximum absolute atomic E-state index is 10.9. The van der Waals surface area contributed by atoms with Crippen molar-refractivity contribution in [1.82, 2.24) is 19.5 Å². The van der Waals surface area contributed by atoms with Crippen LogP contribution in [0.15, 0.2) is 6.33 Å². The zero-order valence-electron chi connectivity index (χ0n) is 17.3. The predicted molar refractivity (Wildman–Crippen MR) is 113 cm³/mol. The van der Waals surface area contributed by atoms with Gasteiger partial charge < -0.3 is 30.6 Å². The smallest absolute Gasteiger partial charge is 0.320 e. The molecule has 2 aromatic rings. The first-order valence-electron chi connectivity index (χ1n) is 10.0. The monoisotopic (exact) mass is 436 g/mol. The largest absolute Gasteiger partial charge is 0.480 e. The Morgan fingerprint density at radius 2 is 2.13 bits per heavy atom. The van der Waals surface area contributed by atoms with Crippen LogP contribution in [0.3, 0.4) is 0 Å². The van der Waals surface area contributed by atoms with Gasteiger partial charge in [-0.1, -0.05) is 0 Å². The van der Waals surface area contributed by atoms with Gasteiger partial charge in [0.25, 0.3) is 0 Å². The SMILES string of the molecule is Cc1nc(N)c2ncn([C@@H]3C[C@H](CSCCC(N)C(=O)O)[C@H]4OC(C)(C)O[C@H]43)c2n1. The number of nitrogens with zero attached hydrogens (tertiary/aromatic N) is 4. The summed E-state index contributed by atoms with van der Waals surface area (Å²) in [7, 11) is 0. The van der Waals surface area contributed by atoms with Gasteiger partial charge in [0.1, 0.15) is 23.5 Å². The van der Waals surface area contributed by atoms with Gasteiger partial charge in [0, 0.05) is 0 Å². The highest BCUT2D eigenvalue weighted by Crippen LogP contribution is 2.48. The minimum absolute atomic E-state index is 0.0161. The van der Waals surface area contributed by atoms with E-state index in [1.807, 2.05) is 25.3 Å². The molecule has 0 radical (unpaired) electrons. The first-order valence-corrected chi connectivity index (χ1v) is 11.2.